The smallest absolute Gasteiger partial charge is 0.239 e. The molecule has 1 N–H and O–H groups in total. The molecule has 1 saturated heterocycles. The number of hydrogen-bond acceptors (Lipinski definition) is 2. The van der Waals surface area contributed by atoms with Gasteiger partial charge in [-0.3, -0.25) is 9.59 Å². The van der Waals surface area contributed by atoms with Crippen molar-refractivity contribution in [2.75, 3.05) is 16.8 Å². The van der Waals surface area contributed by atoms with Gasteiger partial charge >= 0.3 is 0 Å². The van der Waals surface area contributed by atoms with Crippen LogP contribution in [0, 0.1) is 18.7 Å². The Bertz CT molecular complexity index is 802. The first-order valence-corrected chi connectivity index (χ1v) is 8.47. The number of carbonyl (C=O) groups excluding carboxylic acids is 2. The lowest BCUT2D eigenvalue weighted by Crippen LogP contribution is -2.33. The monoisotopic (exact) mass is 340 g/mol. The zero-order valence-electron chi connectivity index (χ0n) is 14.4. The summed E-state index contributed by atoms with van der Waals surface area (Å²) in [4.78, 5) is 26.8. The molecule has 0 spiro atoms. The number of rotatable bonds is 4. The number of amides is 2. The van der Waals surface area contributed by atoms with Gasteiger partial charge in [-0.2, -0.15) is 0 Å². The molecular weight excluding hydrogens is 319 g/mol. The first kappa shape index (κ1) is 17.1. The van der Waals surface area contributed by atoms with E-state index in [-0.39, 0.29) is 17.6 Å². The number of benzene rings is 2. The van der Waals surface area contributed by atoms with E-state index in [0.29, 0.717) is 24.2 Å². The quantitative estimate of drug-likeness (QED) is 0.863. The Morgan fingerprint density at radius 3 is 2.60 bits per heavy atom. The van der Waals surface area contributed by atoms with E-state index in [1.807, 2.05) is 24.3 Å². The van der Waals surface area contributed by atoms with E-state index < -0.39 is 5.92 Å². The van der Waals surface area contributed by atoms with E-state index in [1.165, 1.54) is 23.8 Å². The maximum atomic E-state index is 13.2. The van der Waals surface area contributed by atoms with Crippen LogP contribution in [-0.4, -0.2) is 18.4 Å². The lowest BCUT2D eigenvalue weighted by molar-refractivity contribution is -0.129. The van der Waals surface area contributed by atoms with Gasteiger partial charge < -0.3 is 10.2 Å². The summed E-state index contributed by atoms with van der Waals surface area (Å²) in [7, 11) is 0. The van der Waals surface area contributed by atoms with Crippen LogP contribution in [0.1, 0.15) is 24.5 Å². The number of nitrogens with zero attached hydrogens (tertiary/aromatic N) is 1. The Hall–Kier alpha value is -2.69. The highest BCUT2D eigenvalue weighted by Gasteiger charge is 2.37. The largest absolute Gasteiger partial charge is 0.325 e. The number of halogens is 1. The van der Waals surface area contributed by atoms with Crippen LogP contribution in [0.4, 0.5) is 15.8 Å². The van der Waals surface area contributed by atoms with Crippen molar-refractivity contribution >= 4 is 23.2 Å². The van der Waals surface area contributed by atoms with Gasteiger partial charge in [0.15, 0.2) is 0 Å². The molecule has 4 nitrogen and oxygen atoms in total. The third kappa shape index (κ3) is 3.55. The van der Waals surface area contributed by atoms with Crippen molar-refractivity contribution in [3.63, 3.8) is 0 Å². The molecule has 2 aromatic carbocycles. The summed E-state index contributed by atoms with van der Waals surface area (Å²) in [5.74, 6) is -1.60. The minimum absolute atomic E-state index is 0.193. The van der Waals surface area contributed by atoms with Gasteiger partial charge in [0.05, 0.1) is 0 Å². The molecule has 2 aromatic rings. The molecule has 1 atom stereocenters. The second kappa shape index (κ2) is 7.05. The molecule has 1 aliphatic heterocycles. The normalized spacial score (nSPS) is 17.0. The van der Waals surface area contributed by atoms with E-state index in [2.05, 4.69) is 12.2 Å². The predicted octanol–water partition coefficient (Wildman–Crippen LogP) is 3.69. The van der Waals surface area contributed by atoms with Gasteiger partial charge in [-0.25, -0.2) is 4.39 Å². The van der Waals surface area contributed by atoms with Crippen LogP contribution in [0.15, 0.2) is 42.5 Å². The highest BCUT2D eigenvalue weighted by atomic mass is 19.1. The molecule has 1 fully saturated rings. The van der Waals surface area contributed by atoms with Crippen molar-refractivity contribution < 1.29 is 14.0 Å². The molecular formula is C20H21FN2O2. The van der Waals surface area contributed by atoms with E-state index in [0.717, 1.165) is 12.1 Å². The molecule has 1 heterocycles. The predicted molar refractivity (Wildman–Crippen MR) is 96.0 cm³/mol. The van der Waals surface area contributed by atoms with Crippen molar-refractivity contribution in [2.24, 2.45) is 5.92 Å². The SMILES string of the molecule is CCc1ccc(N2CCC(C(=O)Nc3ccc(F)cc3C)C2=O)cc1. The Balaban J connectivity index is 1.71. The molecule has 0 saturated carbocycles. The summed E-state index contributed by atoms with van der Waals surface area (Å²) in [5, 5.41) is 2.75. The van der Waals surface area contributed by atoms with E-state index >= 15 is 0 Å². The molecule has 2 amide bonds. The molecule has 0 radical (unpaired) electrons. The number of nitrogens with one attached hydrogen (secondary N) is 1. The molecule has 0 aliphatic carbocycles. The Morgan fingerprint density at radius 1 is 1.24 bits per heavy atom. The third-order valence-electron chi connectivity index (χ3n) is 4.62. The summed E-state index contributed by atoms with van der Waals surface area (Å²) in [6, 6.07) is 12.0. The number of carbonyl (C=O) groups is 2. The van der Waals surface area contributed by atoms with Gasteiger partial charge in [0.25, 0.3) is 0 Å². The maximum Gasteiger partial charge on any atom is 0.239 e. The fraction of sp³-hybridized carbons (Fsp3) is 0.300. The maximum absolute atomic E-state index is 13.2. The van der Waals surface area contributed by atoms with E-state index in [4.69, 9.17) is 0 Å². The number of anilines is 2. The molecule has 1 unspecified atom stereocenters. The topological polar surface area (TPSA) is 49.4 Å². The zero-order chi connectivity index (χ0) is 18.0. The minimum atomic E-state index is -0.713. The summed E-state index contributed by atoms with van der Waals surface area (Å²) < 4.78 is 13.2. The lowest BCUT2D eigenvalue weighted by atomic mass is 10.1. The summed E-state index contributed by atoms with van der Waals surface area (Å²) in [5.41, 5.74) is 3.18. The Morgan fingerprint density at radius 2 is 1.96 bits per heavy atom. The molecule has 0 aromatic heterocycles. The standard InChI is InChI=1S/C20H21FN2O2/c1-3-14-4-7-16(8-5-14)23-11-10-17(20(23)25)19(24)22-18-9-6-15(21)12-13(18)2/h4-9,12,17H,3,10-11H2,1-2H3,(H,22,24). The lowest BCUT2D eigenvalue weighted by Gasteiger charge is -2.17. The van der Waals surface area contributed by atoms with Crippen molar-refractivity contribution in [1.29, 1.82) is 0 Å². The first-order valence-electron chi connectivity index (χ1n) is 8.47. The minimum Gasteiger partial charge on any atom is -0.325 e. The molecule has 0 bridgehead atoms. The molecule has 130 valence electrons. The average molecular weight is 340 g/mol. The molecule has 1 aliphatic rings. The van der Waals surface area contributed by atoms with Crippen LogP contribution in [-0.2, 0) is 16.0 Å². The van der Waals surface area contributed by atoms with Gasteiger partial charge in [-0.05, 0) is 61.2 Å². The Labute approximate surface area is 146 Å². The van der Waals surface area contributed by atoms with Crippen LogP contribution in [0.3, 0.4) is 0 Å². The highest BCUT2D eigenvalue weighted by molar-refractivity contribution is 6.13. The van der Waals surface area contributed by atoms with Gasteiger partial charge in [0.2, 0.25) is 11.8 Å². The second-order valence-electron chi connectivity index (χ2n) is 6.30. The molecule has 3 rings (SSSR count). The van der Waals surface area contributed by atoms with Crippen LogP contribution in [0.5, 0.6) is 0 Å². The van der Waals surface area contributed by atoms with Gasteiger partial charge in [-0.15, -0.1) is 0 Å². The average Bonchev–Trinajstić information content (AvgIpc) is 2.99. The molecule has 25 heavy (non-hydrogen) atoms. The van der Waals surface area contributed by atoms with Crippen LogP contribution < -0.4 is 10.2 Å². The van der Waals surface area contributed by atoms with Crippen LogP contribution in [0.25, 0.3) is 0 Å². The van der Waals surface area contributed by atoms with Crippen LogP contribution >= 0.6 is 0 Å². The zero-order valence-corrected chi connectivity index (χ0v) is 14.4. The second-order valence-corrected chi connectivity index (χ2v) is 6.30. The van der Waals surface area contributed by atoms with Gasteiger partial charge in [0.1, 0.15) is 11.7 Å². The summed E-state index contributed by atoms with van der Waals surface area (Å²) in [6.45, 7) is 4.31. The number of aryl methyl sites for hydroxylation is 2. The van der Waals surface area contributed by atoms with Crippen molar-refractivity contribution in [3.8, 4) is 0 Å². The van der Waals surface area contributed by atoms with E-state index in [1.54, 1.807) is 11.8 Å². The summed E-state index contributed by atoms with van der Waals surface area (Å²) >= 11 is 0. The van der Waals surface area contributed by atoms with Gasteiger partial charge in [-0.1, -0.05) is 19.1 Å². The third-order valence-corrected chi connectivity index (χ3v) is 4.62. The van der Waals surface area contributed by atoms with Crippen molar-refractivity contribution in [3.05, 3.63) is 59.4 Å². The summed E-state index contributed by atoms with van der Waals surface area (Å²) in [6.07, 6.45) is 1.41. The first-order chi connectivity index (χ1) is 12.0. The molecule has 5 heteroatoms. The number of hydrogen-bond donors (Lipinski definition) is 1. The fourth-order valence-corrected chi connectivity index (χ4v) is 3.08. The fourth-order valence-electron chi connectivity index (χ4n) is 3.08. The Kier molecular flexibility index (Phi) is 4.83. The highest BCUT2D eigenvalue weighted by Crippen LogP contribution is 2.27. The van der Waals surface area contributed by atoms with Crippen molar-refractivity contribution in [2.45, 2.75) is 26.7 Å². The van der Waals surface area contributed by atoms with Gasteiger partial charge in [0, 0.05) is 17.9 Å². The van der Waals surface area contributed by atoms with Crippen molar-refractivity contribution in [1.82, 2.24) is 0 Å². The van der Waals surface area contributed by atoms with E-state index in [9.17, 15) is 14.0 Å². The van der Waals surface area contributed by atoms with Crippen LogP contribution in [0.2, 0.25) is 0 Å².